The number of anilines is 1. The van der Waals surface area contributed by atoms with E-state index in [0.29, 0.717) is 12.2 Å². The van der Waals surface area contributed by atoms with Gasteiger partial charge in [0.2, 0.25) is 0 Å². The van der Waals surface area contributed by atoms with Crippen LogP contribution in [0.2, 0.25) is 0 Å². The second-order valence-electron chi connectivity index (χ2n) is 6.20. The van der Waals surface area contributed by atoms with E-state index in [9.17, 15) is 4.79 Å². The Kier molecular flexibility index (Phi) is 5.58. The lowest BCUT2D eigenvalue weighted by molar-refractivity contribution is 0.222. The molecule has 0 aliphatic heterocycles. The van der Waals surface area contributed by atoms with E-state index in [4.69, 9.17) is 0 Å². The van der Waals surface area contributed by atoms with Crippen molar-refractivity contribution in [1.29, 1.82) is 0 Å². The van der Waals surface area contributed by atoms with E-state index in [2.05, 4.69) is 33.0 Å². The van der Waals surface area contributed by atoms with Crippen LogP contribution >= 0.6 is 0 Å². The van der Waals surface area contributed by atoms with E-state index >= 15 is 0 Å². The number of carbonyl (C=O) groups excluding carboxylic acids is 1. The van der Waals surface area contributed by atoms with Crippen LogP contribution in [-0.4, -0.2) is 44.7 Å². The molecule has 7 heteroatoms. The summed E-state index contributed by atoms with van der Waals surface area (Å²) in [5.74, 6) is 0. The van der Waals surface area contributed by atoms with Crippen molar-refractivity contribution >= 4 is 11.7 Å². The molecule has 0 saturated heterocycles. The predicted octanol–water partition coefficient (Wildman–Crippen LogP) is 3.07. The van der Waals surface area contributed by atoms with E-state index in [1.807, 2.05) is 43.3 Å². The molecular weight excluding hydrogens is 328 g/mol. The lowest BCUT2D eigenvalue weighted by Gasteiger charge is -2.18. The molecule has 0 fully saturated rings. The molecular formula is C19H22N6O. The molecule has 7 nitrogen and oxygen atoms in total. The highest BCUT2D eigenvalue weighted by Gasteiger charge is 2.10. The first-order valence-corrected chi connectivity index (χ1v) is 8.53. The highest BCUT2D eigenvalue weighted by molar-refractivity contribution is 5.89. The molecule has 1 aromatic heterocycles. The molecule has 0 saturated carbocycles. The average Bonchev–Trinajstić information content (AvgIpc) is 3.18. The lowest BCUT2D eigenvalue weighted by Crippen LogP contribution is -2.32. The van der Waals surface area contributed by atoms with Gasteiger partial charge in [0, 0.05) is 19.3 Å². The minimum Gasteiger partial charge on any atom is -0.328 e. The maximum atomic E-state index is 12.4. The number of hydrogen-bond donors (Lipinski definition) is 1. The van der Waals surface area contributed by atoms with E-state index in [1.54, 1.807) is 16.6 Å². The monoisotopic (exact) mass is 350 g/mol. The van der Waals surface area contributed by atoms with Gasteiger partial charge in [0.05, 0.1) is 5.69 Å². The number of urea groups is 1. The number of amides is 2. The van der Waals surface area contributed by atoms with Gasteiger partial charge in [-0.15, -0.1) is 5.10 Å². The fraction of sp³-hybridized carbons (Fsp3) is 0.263. The summed E-state index contributed by atoms with van der Waals surface area (Å²) in [6.07, 6.45) is 3.40. The van der Waals surface area contributed by atoms with Gasteiger partial charge >= 0.3 is 6.03 Å². The molecule has 2 aromatic carbocycles. The number of nitrogens with zero attached hydrogens (tertiary/aromatic N) is 5. The summed E-state index contributed by atoms with van der Waals surface area (Å²) in [6, 6.07) is 15.8. The van der Waals surface area contributed by atoms with Gasteiger partial charge in [-0.2, -0.15) is 0 Å². The summed E-state index contributed by atoms with van der Waals surface area (Å²) >= 11 is 0. The van der Waals surface area contributed by atoms with Crippen LogP contribution in [0.15, 0.2) is 54.9 Å². The van der Waals surface area contributed by atoms with Crippen LogP contribution in [0, 0.1) is 6.92 Å². The lowest BCUT2D eigenvalue weighted by atomic mass is 10.1. The maximum Gasteiger partial charge on any atom is 0.321 e. The Morgan fingerprint density at radius 3 is 2.73 bits per heavy atom. The zero-order valence-electron chi connectivity index (χ0n) is 15.0. The summed E-state index contributed by atoms with van der Waals surface area (Å²) in [5.41, 5.74) is 3.85. The molecule has 134 valence electrons. The van der Waals surface area contributed by atoms with Gasteiger partial charge in [-0.1, -0.05) is 36.4 Å². The zero-order chi connectivity index (χ0) is 18.4. The third-order valence-electron chi connectivity index (χ3n) is 4.20. The van der Waals surface area contributed by atoms with Gasteiger partial charge in [-0.3, -0.25) is 0 Å². The van der Waals surface area contributed by atoms with Gasteiger partial charge in [0.15, 0.2) is 0 Å². The number of hydrogen-bond acceptors (Lipinski definition) is 4. The molecule has 0 bridgehead atoms. The van der Waals surface area contributed by atoms with Crippen LogP contribution in [0.25, 0.3) is 5.69 Å². The van der Waals surface area contributed by atoms with Crippen molar-refractivity contribution in [3.63, 3.8) is 0 Å². The second-order valence-corrected chi connectivity index (χ2v) is 6.20. The first-order chi connectivity index (χ1) is 12.6. The van der Waals surface area contributed by atoms with Gasteiger partial charge < -0.3 is 10.2 Å². The Bertz CT molecular complexity index is 848. The third-order valence-corrected chi connectivity index (χ3v) is 4.20. The molecule has 2 amide bonds. The molecule has 1 N–H and O–H groups in total. The number of aromatic nitrogens is 4. The second kappa shape index (κ2) is 8.24. The maximum absolute atomic E-state index is 12.4. The van der Waals surface area contributed by atoms with Crippen molar-refractivity contribution in [3.8, 4) is 5.69 Å². The van der Waals surface area contributed by atoms with Crippen molar-refractivity contribution in [2.45, 2.75) is 19.8 Å². The van der Waals surface area contributed by atoms with Crippen LogP contribution < -0.4 is 5.32 Å². The van der Waals surface area contributed by atoms with E-state index in [1.165, 1.54) is 11.9 Å². The Morgan fingerprint density at radius 2 is 2.00 bits per heavy atom. The number of tetrazole rings is 1. The fourth-order valence-corrected chi connectivity index (χ4v) is 2.69. The Hall–Kier alpha value is -3.22. The van der Waals surface area contributed by atoms with Crippen LogP contribution in [0.4, 0.5) is 10.5 Å². The van der Waals surface area contributed by atoms with Crippen LogP contribution in [0.3, 0.4) is 0 Å². The minimum atomic E-state index is -0.135. The molecule has 3 aromatic rings. The fourth-order valence-electron chi connectivity index (χ4n) is 2.69. The van der Waals surface area contributed by atoms with E-state index in [-0.39, 0.29) is 6.03 Å². The Labute approximate surface area is 152 Å². The standard InChI is InChI=1S/C19H22N6O/c1-15-10-11-17(13-18(15)25-14-20-22-23-25)21-19(26)24(2)12-6-9-16-7-4-3-5-8-16/h3-5,7-8,10-11,13-14H,6,9,12H2,1-2H3,(H,21,26). The van der Waals surface area contributed by atoms with Crippen LogP contribution in [0.5, 0.6) is 0 Å². The topological polar surface area (TPSA) is 75.9 Å². The summed E-state index contributed by atoms with van der Waals surface area (Å²) < 4.78 is 1.58. The summed E-state index contributed by atoms with van der Waals surface area (Å²) in [5, 5.41) is 14.1. The predicted molar refractivity (Wildman–Crippen MR) is 100 cm³/mol. The molecule has 0 radical (unpaired) electrons. The summed E-state index contributed by atoms with van der Waals surface area (Å²) in [7, 11) is 1.80. The molecule has 3 rings (SSSR count). The number of nitrogens with one attached hydrogen (secondary N) is 1. The molecule has 26 heavy (non-hydrogen) atoms. The highest BCUT2D eigenvalue weighted by Crippen LogP contribution is 2.18. The van der Waals surface area contributed by atoms with Gasteiger partial charge in [-0.25, -0.2) is 9.48 Å². The zero-order valence-corrected chi connectivity index (χ0v) is 15.0. The molecule has 0 atom stereocenters. The minimum absolute atomic E-state index is 0.135. The van der Waals surface area contributed by atoms with Crippen LogP contribution in [-0.2, 0) is 6.42 Å². The normalized spacial score (nSPS) is 10.5. The van der Waals surface area contributed by atoms with Crippen molar-refractivity contribution in [3.05, 3.63) is 66.0 Å². The van der Waals surface area contributed by atoms with Crippen molar-refractivity contribution < 1.29 is 4.79 Å². The highest BCUT2D eigenvalue weighted by atomic mass is 16.2. The third kappa shape index (κ3) is 4.44. The number of benzene rings is 2. The van der Waals surface area contributed by atoms with E-state index in [0.717, 1.165) is 24.1 Å². The molecule has 0 unspecified atom stereocenters. The smallest absolute Gasteiger partial charge is 0.321 e. The first kappa shape index (κ1) is 17.6. The SMILES string of the molecule is Cc1ccc(NC(=O)N(C)CCCc2ccccc2)cc1-n1cnnn1. The van der Waals surface area contributed by atoms with Crippen LogP contribution in [0.1, 0.15) is 17.5 Å². The molecule has 0 aliphatic carbocycles. The molecule has 0 spiro atoms. The van der Waals surface area contributed by atoms with Gasteiger partial charge in [0.25, 0.3) is 0 Å². The van der Waals surface area contributed by atoms with Gasteiger partial charge in [-0.05, 0) is 53.5 Å². The quantitative estimate of drug-likeness (QED) is 0.741. The summed E-state index contributed by atoms with van der Waals surface area (Å²) in [6.45, 7) is 2.66. The molecule has 0 aliphatic rings. The first-order valence-electron chi connectivity index (χ1n) is 8.53. The van der Waals surface area contributed by atoms with Crippen molar-refractivity contribution in [2.75, 3.05) is 18.9 Å². The summed E-state index contributed by atoms with van der Waals surface area (Å²) in [4.78, 5) is 14.1. The number of rotatable bonds is 6. The van der Waals surface area contributed by atoms with E-state index < -0.39 is 0 Å². The van der Waals surface area contributed by atoms with Gasteiger partial charge in [0.1, 0.15) is 6.33 Å². The van der Waals surface area contributed by atoms with Crippen molar-refractivity contribution in [1.82, 2.24) is 25.1 Å². The Balaban J connectivity index is 1.56. The Morgan fingerprint density at radius 1 is 1.19 bits per heavy atom. The van der Waals surface area contributed by atoms with Crippen molar-refractivity contribution in [2.24, 2.45) is 0 Å². The number of carbonyl (C=O) groups is 1. The number of aryl methyl sites for hydroxylation is 2. The largest absolute Gasteiger partial charge is 0.328 e. The average molecular weight is 350 g/mol. The molecule has 1 heterocycles.